The summed E-state index contributed by atoms with van der Waals surface area (Å²) in [7, 11) is 0. The highest BCUT2D eigenvalue weighted by atomic mass is 32.1. The summed E-state index contributed by atoms with van der Waals surface area (Å²) in [5, 5.41) is 15.8. The number of amides is 2. The van der Waals surface area contributed by atoms with Crippen LogP contribution in [-0.4, -0.2) is 29.8 Å². The van der Waals surface area contributed by atoms with Gasteiger partial charge in [0.05, 0.1) is 18.7 Å². The summed E-state index contributed by atoms with van der Waals surface area (Å²) < 4.78 is 0. The van der Waals surface area contributed by atoms with Crippen LogP contribution in [0, 0.1) is 11.3 Å². The Morgan fingerprint density at radius 3 is 2.73 bits per heavy atom. The standard InChI is InChI=1S/C20H25N5O2S.C2H4/c1-3-4-14(2)5-6-18(26)24-20-16(11-22)15-7-10-25(13-17(15)28-20)19(27)12-23-9-8-21;1-2/h3-4,8-9,23H,2,5-7,10,12-13,21H2,1H3,(H,24,26);1-2H2/b4-3-,9-8-;. The van der Waals surface area contributed by atoms with Crippen LogP contribution in [0.5, 0.6) is 0 Å². The van der Waals surface area contributed by atoms with Gasteiger partial charge in [0.15, 0.2) is 0 Å². The molecule has 0 aromatic carbocycles. The molecule has 0 fully saturated rings. The van der Waals surface area contributed by atoms with Gasteiger partial charge in [0, 0.05) is 30.2 Å². The molecule has 1 aromatic rings. The minimum Gasteiger partial charge on any atom is -0.403 e. The van der Waals surface area contributed by atoms with E-state index in [0.717, 1.165) is 16.0 Å². The Labute approximate surface area is 182 Å². The minimum atomic E-state index is -0.147. The van der Waals surface area contributed by atoms with Gasteiger partial charge in [-0.2, -0.15) is 5.26 Å². The number of fused-ring (bicyclic) bond motifs is 1. The van der Waals surface area contributed by atoms with Crippen molar-refractivity contribution < 1.29 is 9.59 Å². The molecule has 7 nitrogen and oxygen atoms in total. The lowest BCUT2D eigenvalue weighted by Gasteiger charge is -2.27. The molecule has 160 valence electrons. The second-order valence-electron chi connectivity index (χ2n) is 6.33. The molecule has 0 spiro atoms. The first-order chi connectivity index (χ1) is 14.5. The lowest BCUT2D eigenvalue weighted by Crippen LogP contribution is -2.39. The quantitative estimate of drug-likeness (QED) is 0.436. The van der Waals surface area contributed by atoms with Gasteiger partial charge in [-0.3, -0.25) is 9.59 Å². The molecule has 2 rings (SSSR count). The van der Waals surface area contributed by atoms with Crippen LogP contribution in [0.4, 0.5) is 5.00 Å². The maximum Gasteiger partial charge on any atom is 0.242 e. The summed E-state index contributed by atoms with van der Waals surface area (Å²) in [6.07, 6.45) is 8.09. The number of allylic oxidation sites excluding steroid dienone is 3. The summed E-state index contributed by atoms with van der Waals surface area (Å²) in [6, 6.07) is 2.21. The molecule has 1 aliphatic rings. The summed E-state index contributed by atoms with van der Waals surface area (Å²) >= 11 is 1.37. The molecular weight excluding hydrogens is 398 g/mol. The summed E-state index contributed by atoms with van der Waals surface area (Å²) in [5.74, 6) is -0.185. The average molecular weight is 428 g/mol. The highest BCUT2D eigenvalue weighted by Gasteiger charge is 2.27. The van der Waals surface area contributed by atoms with Gasteiger partial charge in [-0.25, -0.2) is 0 Å². The number of thiophene rings is 1. The molecule has 0 bridgehead atoms. The molecule has 1 aliphatic heterocycles. The first-order valence-corrected chi connectivity index (χ1v) is 10.3. The molecule has 0 unspecified atom stereocenters. The molecule has 1 aromatic heterocycles. The minimum absolute atomic E-state index is 0.0382. The second kappa shape index (κ2) is 13.0. The lowest BCUT2D eigenvalue weighted by atomic mass is 10.0. The van der Waals surface area contributed by atoms with Gasteiger partial charge in [0.2, 0.25) is 11.8 Å². The van der Waals surface area contributed by atoms with Crippen LogP contribution in [-0.2, 0) is 22.6 Å². The third-order valence-electron chi connectivity index (χ3n) is 4.32. The zero-order chi connectivity index (χ0) is 22.5. The van der Waals surface area contributed by atoms with Crippen LogP contribution >= 0.6 is 11.3 Å². The summed E-state index contributed by atoms with van der Waals surface area (Å²) in [6.45, 7) is 12.9. The average Bonchev–Trinajstić information content (AvgIpc) is 3.10. The molecule has 2 amide bonds. The SMILES string of the molecule is C=C.C=C(/C=C\C)CCC(=O)Nc1sc2c(c1C#N)CCN(C(=O)CN/C=C\N)C2. The van der Waals surface area contributed by atoms with Crippen LogP contribution < -0.4 is 16.4 Å². The van der Waals surface area contributed by atoms with Crippen molar-refractivity contribution in [2.45, 2.75) is 32.7 Å². The number of hydrogen-bond donors (Lipinski definition) is 3. The molecule has 8 heteroatoms. The predicted octanol–water partition coefficient (Wildman–Crippen LogP) is 3.18. The van der Waals surface area contributed by atoms with E-state index in [4.69, 9.17) is 5.73 Å². The van der Waals surface area contributed by atoms with Gasteiger partial charge in [0.25, 0.3) is 0 Å². The van der Waals surface area contributed by atoms with Crippen LogP contribution in [0.2, 0.25) is 0 Å². The smallest absolute Gasteiger partial charge is 0.242 e. The Balaban J connectivity index is 0.00000218. The summed E-state index contributed by atoms with van der Waals surface area (Å²) in [5.41, 5.74) is 7.57. The Morgan fingerprint density at radius 1 is 1.37 bits per heavy atom. The van der Waals surface area contributed by atoms with Crippen molar-refractivity contribution in [2.75, 3.05) is 18.4 Å². The molecular formula is C22H29N5O2S. The maximum atomic E-state index is 12.3. The number of nitrogens with two attached hydrogens (primary N) is 1. The molecule has 2 heterocycles. The monoisotopic (exact) mass is 427 g/mol. The van der Waals surface area contributed by atoms with Gasteiger partial charge < -0.3 is 21.3 Å². The fourth-order valence-electron chi connectivity index (χ4n) is 2.93. The summed E-state index contributed by atoms with van der Waals surface area (Å²) in [4.78, 5) is 27.2. The van der Waals surface area contributed by atoms with Crippen molar-refractivity contribution in [1.29, 1.82) is 5.26 Å². The first-order valence-electron chi connectivity index (χ1n) is 9.53. The highest BCUT2D eigenvalue weighted by molar-refractivity contribution is 7.16. The molecule has 0 radical (unpaired) electrons. The van der Waals surface area contributed by atoms with Gasteiger partial charge in [0.1, 0.15) is 11.1 Å². The van der Waals surface area contributed by atoms with Crippen LogP contribution in [0.15, 0.2) is 49.9 Å². The third-order valence-corrected chi connectivity index (χ3v) is 5.45. The molecule has 0 atom stereocenters. The van der Waals surface area contributed by atoms with Crippen molar-refractivity contribution >= 4 is 28.2 Å². The van der Waals surface area contributed by atoms with E-state index in [0.29, 0.717) is 42.9 Å². The van der Waals surface area contributed by atoms with Crippen molar-refractivity contribution in [3.8, 4) is 6.07 Å². The van der Waals surface area contributed by atoms with Crippen LogP contribution in [0.25, 0.3) is 0 Å². The zero-order valence-electron chi connectivity index (χ0n) is 17.4. The molecule has 4 N–H and O–H groups in total. The third kappa shape index (κ3) is 6.94. The van der Waals surface area contributed by atoms with E-state index < -0.39 is 0 Å². The number of nitrogens with one attached hydrogen (secondary N) is 2. The Hall–Kier alpha value is -3.31. The van der Waals surface area contributed by atoms with Crippen molar-refractivity contribution in [1.82, 2.24) is 10.2 Å². The van der Waals surface area contributed by atoms with Crippen LogP contribution in [0.1, 0.15) is 35.8 Å². The first kappa shape index (κ1) is 24.7. The Bertz CT molecular complexity index is 864. The number of rotatable bonds is 8. The molecule has 0 aliphatic carbocycles. The number of carbonyl (C=O) groups excluding carboxylic acids is 2. The van der Waals surface area contributed by atoms with E-state index in [1.54, 1.807) is 4.90 Å². The van der Waals surface area contributed by atoms with Gasteiger partial charge in [-0.1, -0.05) is 24.3 Å². The lowest BCUT2D eigenvalue weighted by molar-refractivity contribution is -0.130. The highest BCUT2D eigenvalue weighted by Crippen LogP contribution is 2.36. The van der Waals surface area contributed by atoms with E-state index in [1.807, 2.05) is 19.1 Å². The van der Waals surface area contributed by atoms with E-state index >= 15 is 0 Å². The number of nitrogens with zero attached hydrogens (tertiary/aromatic N) is 2. The van der Waals surface area contributed by atoms with Gasteiger partial charge in [-0.15, -0.1) is 24.5 Å². The number of hydrogen-bond acceptors (Lipinski definition) is 6. The largest absolute Gasteiger partial charge is 0.403 e. The fourth-order valence-corrected chi connectivity index (χ4v) is 4.16. The number of nitriles is 1. The Kier molecular flexibility index (Phi) is 10.7. The Morgan fingerprint density at radius 2 is 2.10 bits per heavy atom. The molecule has 0 saturated heterocycles. The van der Waals surface area contributed by atoms with Crippen molar-refractivity contribution in [3.63, 3.8) is 0 Å². The van der Waals surface area contributed by atoms with Gasteiger partial charge >= 0.3 is 0 Å². The second-order valence-corrected chi connectivity index (χ2v) is 7.44. The molecule has 30 heavy (non-hydrogen) atoms. The van der Waals surface area contributed by atoms with Gasteiger partial charge in [-0.05, 0) is 25.3 Å². The zero-order valence-corrected chi connectivity index (χ0v) is 18.2. The van der Waals surface area contributed by atoms with E-state index in [1.165, 1.54) is 23.7 Å². The number of anilines is 1. The van der Waals surface area contributed by atoms with E-state index in [2.05, 4.69) is 36.4 Å². The van der Waals surface area contributed by atoms with Crippen LogP contribution in [0.3, 0.4) is 0 Å². The van der Waals surface area contributed by atoms with E-state index in [-0.39, 0.29) is 18.4 Å². The van der Waals surface area contributed by atoms with Crippen molar-refractivity contribution in [2.24, 2.45) is 5.73 Å². The van der Waals surface area contributed by atoms with E-state index in [9.17, 15) is 14.9 Å². The fraction of sp³-hybridized carbons (Fsp3) is 0.318. The maximum absolute atomic E-state index is 12.3. The molecule has 0 saturated carbocycles. The predicted molar refractivity (Wildman–Crippen MR) is 123 cm³/mol. The van der Waals surface area contributed by atoms with Crippen molar-refractivity contribution in [3.05, 3.63) is 65.9 Å². The normalized spacial score (nSPS) is 12.6. The number of carbonyl (C=O) groups is 2. The topological polar surface area (TPSA) is 111 Å².